The van der Waals surface area contributed by atoms with E-state index in [4.69, 9.17) is 9.47 Å². The van der Waals surface area contributed by atoms with E-state index < -0.39 is 17.7 Å². The van der Waals surface area contributed by atoms with Crippen LogP contribution in [0.25, 0.3) is 0 Å². The summed E-state index contributed by atoms with van der Waals surface area (Å²) < 4.78 is 10.1. The Morgan fingerprint density at radius 1 is 1.19 bits per heavy atom. The van der Waals surface area contributed by atoms with E-state index >= 15 is 0 Å². The molecule has 1 aromatic rings. The maximum atomic E-state index is 12.4. The number of hydrogen-bond acceptors (Lipinski definition) is 5. The molecule has 1 aliphatic heterocycles. The molecule has 0 atom stereocenters. The second-order valence-electron chi connectivity index (χ2n) is 7.12. The molecular formula is C19H26N2O5. The molecule has 2 rings (SSSR count). The molecular weight excluding hydrogens is 336 g/mol. The predicted molar refractivity (Wildman–Crippen MR) is 96.9 cm³/mol. The summed E-state index contributed by atoms with van der Waals surface area (Å²) in [6, 6.07) is 7.74. The average Bonchev–Trinajstić information content (AvgIpc) is 2.57. The molecule has 0 radical (unpaired) electrons. The van der Waals surface area contributed by atoms with Gasteiger partial charge in [-0.25, -0.2) is 4.79 Å². The normalized spacial score (nSPS) is 13.6. The number of alkyl carbamates (subject to hydrolysis) is 1. The molecule has 1 N–H and O–H groups in total. The van der Waals surface area contributed by atoms with Crippen molar-refractivity contribution in [1.29, 1.82) is 0 Å². The maximum Gasteiger partial charge on any atom is 0.407 e. The summed E-state index contributed by atoms with van der Waals surface area (Å²) in [4.78, 5) is 37.3. The van der Waals surface area contributed by atoms with Crippen molar-refractivity contribution in [2.24, 2.45) is 0 Å². The van der Waals surface area contributed by atoms with E-state index in [2.05, 4.69) is 5.32 Å². The van der Waals surface area contributed by atoms with Gasteiger partial charge in [0.05, 0.1) is 6.42 Å². The van der Waals surface area contributed by atoms with Crippen LogP contribution in [0, 0.1) is 0 Å². The van der Waals surface area contributed by atoms with Gasteiger partial charge in [-0.2, -0.15) is 0 Å². The van der Waals surface area contributed by atoms with E-state index in [1.54, 1.807) is 25.7 Å². The van der Waals surface area contributed by atoms with Gasteiger partial charge in [0.15, 0.2) is 6.61 Å². The van der Waals surface area contributed by atoms with E-state index in [0.29, 0.717) is 6.54 Å². The van der Waals surface area contributed by atoms with Crippen molar-refractivity contribution in [3.63, 3.8) is 0 Å². The van der Waals surface area contributed by atoms with Crippen molar-refractivity contribution in [2.45, 2.75) is 45.6 Å². The highest BCUT2D eigenvalue weighted by Gasteiger charge is 2.23. The van der Waals surface area contributed by atoms with Gasteiger partial charge < -0.3 is 19.7 Å². The van der Waals surface area contributed by atoms with Crippen LogP contribution in [0.3, 0.4) is 0 Å². The van der Waals surface area contributed by atoms with E-state index in [0.717, 1.165) is 24.1 Å². The number of ether oxygens (including phenoxy) is 2. The molecule has 0 saturated carbocycles. The van der Waals surface area contributed by atoms with Gasteiger partial charge in [0, 0.05) is 18.8 Å². The number of nitrogens with zero attached hydrogens (tertiary/aromatic N) is 1. The standard InChI is InChI=1S/C19H26N2O5/c1-19(2,3)26-18(24)20-11-10-17(23)25-13-16(22)21-12-6-8-14-7-4-5-9-15(14)21/h4-5,7,9H,6,8,10-13H2,1-3H3,(H,20,24). The van der Waals surface area contributed by atoms with Gasteiger partial charge in [-0.15, -0.1) is 0 Å². The topological polar surface area (TPSA) is 84.9 Å². The summed E-state index contributed by atoms with van der Waals surface area (Å²) in [6.07, 6.45) is 1.21. The van der Waals surface area contributed by atoms with Crippen LogP contribution in [-0.4, -0.2) is 43.3 Å². The lowest BCUT2D eigenvalue weighted by Gasteiger charge is -2.29. The largest absolute Gasteiger partial charge is 0.455 e. The minimum absolute atomic E-state index is 0.0247. The van der Waals surface area contributed by atoms with Crippen molar-refractivity contribution >= 4 is 23.7 Å². The first kappa shape index (κ1) is 19.8. The average molecular weight is 362 g/mol. The van der Waals surface area contributed by atoms with Crippen LogP contribution < -0.4 is 10.2 Å². The second kappa shape index (κ2) is 8.69. The molecule has 1 aliphatic rings. The third kappa shape index (κ3) is 6.06. The third-order valence-electron chi connectivity index (χ3n) is 3.77. The highest BCUT2D eigenvalue weighted by molar-refractivity contribution is 5.96. The fraction of sp³-hybridized carbons (Fsp3) is 0.526. The molecule has 0 aromatic heterocycles. The highest BCUT2D eigenvalue weighted by Crippen LogP contribution is 2.26. The number of carbonyl (C=O) groups is 3. The van der Waals surface area contributed by atoms with Gasteiger partial charge in [-0.05, 0) is 45.2 Å². The van der Waals surface area contributed by atoms with Crippen LogP contribution in [0.1, 0.15) is 39.2 Å². The molecule has 0 spiro atoms. The van der Waals surface area contributed by atoms with Crippen LogP contribution in [0.5, 0.6) is 0 Å². The van der Waals surface area contributed by atoms with Crippen molar-refractivity contribution < 1.29 is 23.9 Å². The molecule has 1 heterocycles. The lowest BCUT2D eigenvalue weighted by Crippen LogP contribution is -2.38. The number of nitrogens with one attached hydrogen (secondary N) is 1. The highest BCUT2D eigenvalue weighted by atomic mass is 16.6. The van der Waals surface area contributed by atoms with Crippen LogP contribution >= 0.6 is 0 Å². The number of rotatable bonds is 5. The molecule has 1 aromatic carbocycles. The van der Waals surface area contributed by atoms with E-state index in [1.807, 2.05) is 24.3 Å². The minimum atomic E-state index is -0.595. The zero-order valence-corrected chi connectivity index (χ0v) is 15.5. The van der Waals surface area contributed by atoms with Gasteiger partial charge in [-0.3, -0.25) is 9.59 Å². The first-order valence-electron chi connectivity index (χ1n) is 8.77. The smallest absolute Gasteiger partial charge is 0.407 e. The van der Waals surface area contributed by atoms with Crippen LogP contribution in [0.4, 0.5) is 10.5 Å². The molecule has 0 bridgehead atoms. The molecule has 0 saturated heterocycles. The maximum absolute atomic E-state index is 12.4. The molecule has 0 aliphatic carbocycles. The number of esters is 1. The number of aryl methyl sites for hydroxylation is 1. The first-order chi connectivity index (χ1) is 12.3. The Bertz CT molecular complexity index is 666. The lowest BCUT2D eigenvalue weighted by atomic mass is 10.0. The molecule has 26 heavy (non-hydrogen) atoms. The molecule has 142 valence electrons. The van der Waals surface area contributed by atoms with E-state index in [1.165, 1.54) is 0 Å². The van der Waals surface area contributed by atoms with E-state index in [-0.39, 0.29) is 25.5 Å². The number of hydrogen-bond donors (Lipinski definition) is 1. The van der Waals surface area contributed by atoms with Crippen molar-refractivity contribution in [3.05, 3.63) is 29.8 Å². The number of amides is 2. The van der Waals surface area contributed by atoms with Crippen LogP contribution in [0.15, 0.2) is 24.3 Å². The Balaban J connectivity index is 1.73. The van der Waals surface area contributed by atoms with Gasteiger partial charge in [0.1, 0.15) is 5.60 Å². The van der Waals surface area contributed by atoms with Crippen LogP contribution in [0.2, 0.25) is 0 Å². The molecule has 7 heteroatoms. The number of carbonyl (C=O) groups excluding carboxylic acids is 3. The Labute approximate surface area is 153 Å². The molecule has 0 fully saturated rings. The Morgan fingerprint density at radius 3 is 2.65 bits per heavy atom. The summed E-state index contributed by atoms with van der Waals surface area (Å²) in [5.41, 5.74) is 1.41. The zero-order chi connectivity index (χ0) is 19.2. The van der Waals surface area contributed by atoms with Gasteiger partial charge in [0.25, 0.3) is 5.91 Å². The Kier molecular flexibility index (Phi) is 6.60. The summed E-state index contributed by atoms with van der Waals surface area (Å²) in [7, 11) is 0. The summed E-state index contributed by atoms with van der Waals surface area (Å²) in [5.74, 6) is -0.787. The summed E-state index contributed by atoms with van der Waals surface area (Å²) in [5, 5.41) is 2.48. The second-order valence-corrected chi connectivity index (χ2v) is 7.12. The fourth-order valence-electron chi connectivity index (χ4n) is 2.67. The first-order valence-corrected chi connectivity index (χ1v) is 8.77. The minimum Gasteiger partial charge on any atom is -0.455 e. The summed E-state index contributed by atoms with van der Waals surface area (Å²) in [6.45, 7) is 5.67. The van der Waals surface area contributed by atoms with Gasteiger partial charge in [0.2, 0.25) is 0 Å². The van der Waals surface area contributed by atoms with Crippen molar-refractivity contribution in [3.8, 4) is 0 Å². The third-order valence-corrected chi connectivity index (χ3v) is 3.77. The van der Waals surface area contributed by atoms with Gasteiger partial charge in [-0.1, -0.05) is 18.2 Å². The lowest BCUT2D eigenvalue weighted by molar-refractivity contribution is -0.147. The van der Waals surface area contributed by atoms with Crippen molar-refractivity contribution in [1.82, 2.24) is 5.32 Å². The van der Waals surface area contributed by atoms with Crippen LogP contribution in [-0.2, 0) is 25.5 Å². The number of fused-ring (bicyclic) bond motifs is 1. The molecule has 7 nitrogen and oxygen atoms in total. The SMILES string of the molecule is CC(C)(C)OC(=O)NCCC(=O)OCC(=O)N1CCCc2ccccc21. The quantitative estimate of drug-likeness (QED) is 0.813. The Hall–Kier alpha value is -2.57. The van der Waals surface area contributed by atoms with Gasteiger partial charge >= 0.3 is 12.1 Å². The predicted octanol–water partition coefficient (Wildman–Crippen LogP) is 2.42. The molecule has 2 amide bonds. The van der Waals surface area contributed by atoms with Crippen molar-refractivity contribution in [2.75, 3.05) is 24.6 Å². The molecule has 0 unspecified atom stereocenters. The zero-order valence-electron chi connectivity index (χ0n) is 15.5. The summed E-state index contributed by atoms with van der Waals surface area (Å²) >= 11 is 0. The monoisotopic (exact) mass is 362 g/mol. The number of benzene rings is 1. The Morgan fingerprint density at radius 2 is 1.92 bits per heavy atom. The number of anilines is 1. The fourth-order valence-corrected chi connectivity index (χ4v) is 2.67. The number of para-hydroxylation sites is 1. The van der Waals surface area contributed by atoms with E-state index in [9.17, 15) is 14.4 Å².